The second-order valence-corrected chi connectivity index (χ2v) is 8.25. The van der Waals surface area contributed by atoms with Crippen LogP contribution in [0, 0.1) is 22.7 Å². The Morgan fingerprint density at radius 2 is 1.95 bits per heavy atom. The summed E-state index contributed by atoms with van der Waals surface area (Å²) >= 11 is 0. The number of rotatable bonds is 1. The molecule has 4 heteroatoms. The third-order valence-electron chi connectivity index (χ3n) is 6.24. The standard InChI is InChI=1S/C16H26O4/c1-14(2,3)10-4-6-15-8-12(20-9-15)16(19,13(17)18)7-5-11(10)15/h10-12,19H,4-9H2,1-3H3,(H,17,18)/t10?,11-,12?,15+,16+/m0/s1. The van der Waals surface area contributed by atoms with Crippen molar-refractivity contribution in [1.29, 1.82) is 0 Å². The van der Waals surface area contributed by atoms with Crippen molar-refractivity contribution in [2.45, 2.75) is 64.6 Å². The maximum atomic E-state index is 11.5. The molecule has 2 unspecified atom stereocenters. The smallest absolute Gasteiger partial charge is 0.338 e. The highest BCUT2D eigenvalue weighted by atomic mass is 16.5. The second-order valence-electron chi connectivity index (χ2n) is 8.25. The Balaban J connectivity index is 1.94. The molecule has 3 fully saturated rings. The summed E-state index contributed by atoms with van der Waals surface area (Å²) in [5, 5.41) is 19.9. The van der Waals surface area contributed by atoms with Gasteiger partial charge < -0.3 is 14.9 Å². The molecule has 0 aromatic rings. The second kappa shape index (κ2) is 4.20. The van der Waals surface area contributed by atoms with E-state index < -0.39 is 17.7 Å². The Morgan fingerprint density at radius 1 is 1.25 bits per heavy atom. The van der Waals surface area contributed by atoms with Gasteiger partial charge in [0.25, 0.3) is 0 Å². The van der Waals surface area contributed by atoms with Crippen molar-refractivity contribution in [1.82, 2.24) is 0 Å². The molecule has 0 aromatic carbocycles. The molecule has 5 atom stereocenters. The third-order valence-corrected chi connectivity index (χ3v) is 6.24. The molecule has 20 heavy (non-hydrogen) atoms. The Morgan fingerprint density at radius 3 is 2.55 bits per heavy atom. The Labute approximate surface area is 120 Å². The van der Waals surface area contributed by atoms with Gasteiger partial charge in [-0.15, -0.1) is 0 Å². The highest BCUT2D eigenvalue weighted by molar-refractivity contribution is 5.78. The number of aliphatic carboxylic acids is 1. The van der Waals surface area contributed by atoms with Crippen molar-refractivity contribution in [3.05, 3.63) is 0 Å². The quantitative estimate of drug-likeness (QED) is 0.775. The lowest BCUT2D eigenvalue weighted by Crippen LogP contribution is -2.49. The van der Waals surface area contributed by atoms with E-state index in [1.807, 2.05) is 0 Å². The molecule has 3 rings (SSSR count). The zero-order chi connectivity index (χ0) is 14.8. The number of hydrogen-bond donors (Lipinski definition) is 2. The minimum atomic E-state index is -1.68. The molecule has 114 valence electrons. The van der Waals surface area contributed by atoms with Gasteiger partial charge in [0.1, 0.15) is 0 Å². The van der Waals surface area contributed by atoms with Gasteiger partial charge in [0.2, 0.25) is 0 Å². The summed E-state index contributed by atoms with van der Waals surface area (Å²) in [5.41, 5.74) is -1.34. The summed E-state index contributed by atoms with van der Waals surface area (Å²) in [6, 6.07) is 0. The molecule has 2 saturated carbocycles. The van der Waals surface area contributed by atoms with Crippen LogP contribution in [-0.2, 0) is 9.53 Å². The van der Waals surface area contributed by atoms with E-state index in [4.69, 9.17) is 4.74 Å². The molecule has 4 nitrogen and oxygen atoms in total. The molecule has 1 spiro atoms. The van der Waals surface area contributed by atoms with Crippen LogP contribution in [0.15, 0.2) is 0 Å². The number of hydrogen-bond acceptors (Lipinski definition) is 3. The minimum Gasteiger partial charge on any atom is -0.479 e. The molecular formula is C16H26O4. The van der Waals surface area contributed by atoms with E-state index in [1.54, 1.807) is 0 Å². The van der Waals surface area contributed by atoms with Crippen LogP contribution in [0.1, 0.15) is 52.9 Å². The van der Waals surface area contributed by atoms with Gasteiger partial charge in [-0.05, 0) is 54.8 Å². The first-order valence-electron chi connectivity index (χ1n) is 7.76. The largest absolute Gasteiger partial charge is 0.479 e. The van der Waals surface area contributed by atoms with E-state index in [0.717, 1.165) is 12.8 Å². The van der Waals surface area contributed by atoms with Gasteiger partial charge >= 0.3 is 5.97 Å². The molecule has 0 amide bonds. The van der Waals surface area contributed by atoms with Crippen LogP contribution in [0.4, 0.5) is 0 Å². The fourth-order valence-electron chi connectivity index (χ4n) is 5.07. The van der Waals surface area contributed by atoms with Crippen molar-refractivity contribution in [3.8, 4) is 0 Å². The van der Waals surface area contributed by atoms with E-state index in [-0.39, 0.29) is 10.8 Å². The van der Waals surface area contributed by atoms with Gasteiger partial charge in [-0.2, -0.15) is 0 Å². The van der Waals surface area contributed by atoms with E-state index in [1.165, 1.54) is 6.42 Å². The summed E-state index contributed by atoms with van der Waals surface area (Å²) in [7, 11) is 0. The van der Waals surface area contributed by atoms with E-state index in [2.05, 4.69) is 20.8 Å². The number of carboxylic acids is 1. The molecule has 1 saturated heterocycles. The first kappa shape index (κ1) is 14.3. The summed E-state index contributed by atoms with van der Waals surface area (Å²) in [4.78, 5) is 11.5. The van der Waals surface area contributed by atoms with Crippen LogP contribution < -0.4 is 0 Å². The summed E-state index contributed by atoms with van der Waals surface area (Å²) < 4.78 is 5.77. The van der Waals surface area contributed by atoms with E-state index >= 15 is 0 Å². The van der Waals surface area contributed by atoms with Crippen molar-refractivity contribution in [2.24, 2.45) is 22.7 Å². The Hall–Kier alpha value is -0.610. The normalized spacial score (nSPS) is 47.9. The number of carbonyl (C=O) groups is 1. The Kier molecular flexibility index (Phi) is 3.01. The Bertz CT molecular complexity index is 427. The van der Waals surface area contributed by atoms with Gasteiger partial charge in [0.05, 0.1) is 12.7 Å². The fourth-order valence-corrected chi connectivity index (χ4v) is 5.07. The molecular weight excluding hydrogens is 256 g/mol. The van der Waals surface area contributed by atoms with E-state index in [0.29, 0.717) is 31.3 Å². The number of ether oxygens (including phenoxy) is 1. The first-order chi connectivity index (χ1) is 9.19. The van der Waals surface area contributed by atoms with Crippen LogP contribution >= 0.6 is 0 Å². The molecule has 3 aliphatic rings. The number of carboxylic acid groups (broad SMARTS) is 1. The molecule has 2 bridgehead atoms. The average Bonchev–Trinajstić information content (AvgIpc) is 2.88. The SMILES string of the molecule is CC(C)(C)C1CC[C@]23COC(C2)[C@@](O)(C(=O)O)CC[C@@H]13. The van der Waals surface area contributed by atoms with Crippen molar-refractivity contribution < 1.29 is 19.7 Å². The van der Waals surface area contributed by atoms with Crippen LogP contribution in [-0.4, -0.2) is 34.5 Å². The van der Waals surface area contributed by atoms with Crippen LogP contribution in [0.25, 0.3) is 0 Å². The maximum absolute atomic E-state index is 11.5. The molecule has 1 heterocycles. The molecule has 1 aliphatic heterocycles. The molecule has 0 aromatic heterocycles. The van der Waals surface area contributed by atoms with Crippen molar-refractivity contribution >= 4 is 5.97 Å². The highest BCUT2D eigenvalue weighted by Gasteiger charge is 2.62. The van der Waals surface area contributed by atoms with Crippen molar-refractivity contribution in [2.75, 3.05) is 6.61 Å². The van der Waals surface area contributed by atoms with Gasteiger partial charge in [0, 0.05) is 0 Å². The van der Waals surface area contributed by atoms with Crippen LogP contribution in [0.3, 0.4) is 0 Å². The lowest BCUT2D eigenvalue weighted by atomic mass is 9.67. The van der Waals surface area contributed by atoms with Crippen molar-refractivity contribution in [3.63, 3.8) is 0 Å². The fraction of sp³-hybridized carbons (Fsp3) is 0.938. The topological polar surface area (TPSA) is 66.8 Å². The predicted octanol–water partition coefficient (Wildman–Crippen LogP) is 2.44. The summed E-state index contributed by atoms with van der Waals surface area (Å²) in [5.74, 6) is -0.0336. The third kappa shape index (κ3) is 1.84. The van der Waals surface area contributed by atoms with Gasteiger partial charge in [-0.3, -0.25) is 0 Å². The molecule has 2 aliphatic carbocycles. The lowest BCUT2D eigenvalue weighted by molar-refractivity contribution is -0.175. The summed E-state index contributed by atoms with van der Waals surface area (Å²) in [6.45, 7) is 7.46. The number of fused-ring (bicyclic) bond motifs is 1. The predicted molar refractivity (Wildman–Crippen MR) is 74.3 cm³/mol. The van der Waals surface area contributed by atoms with Gasteiger partial charge in [0.15, 0.2) is 5.60 Å². The van der Waals surface area contributed by atoms with Gasteiger partial charge in [-0.1, -0.05) is 20.8 Å². The van der Waals surface area contributed by atoms with Crippen LogP contribution in [0.5, 0.6) is 0 Å². The lowest BCUT2D eigenvalue weighted by Gasteiger charge is -2.38. The average molecular weight is 282 g/mol. The maximum Gasteiger partial charge on any atom is 0.338 e. The highest BCUT2D eigenvalue weighted by Crippen LogP contribution is 2.62. The zero-order valence-corrected chi connectivity index (χ0v) is 12.7. The number of aliphatic hydroxyl groups is 1. The minimum absolute atomic E-state index is 0.114. The van der Waals surface area contributed by atoms with Crippen LogP contribution in [0.2, 0.25) is 0 Å². The van der Waals surface area contributed by atoms with E-state index in [9.17, 15) is 15.0 Å². The summed E-state index contributed by atoms with van der Waals surface area (Å²) in [6.07, 6.45) is 3.65. The molecule has 2 N–H and O–H groups in total. The zero-order valence-electron chi connectivity index (χ0n) is 12.7. The van der Waals surface area contributed by atoms with Gasteiger partial charge in [-0.25, -0.2) is 4.79 Å². The monoisotopic (exact) mass is 282 g/mol. The first-order valence-corrected chi connectivity index (χ1v) is 7.76. The molecule has 0 radical (unpaired) electrons.